The van der Waals surface area contributed by atoms with E-state index in [1.807, 2.05) is 37.3 Å². The molecule has 1 heterocycles. The van der Waals surface area contributed by atoms with Gasteiger partial charge in [0.25, 0.3) is 0 Å². The summed E-state index contributed by atoms with van der Waals surface area (Å²) in [5.74, 6) is -0.299. The Morgan fingerprint density at radius 2 is 1.62 bits per heavy atom. The quantitative estimate of drug-likeness (QED) is 0.360. The van der Waals surface area contributed by atoms with E-state index in [0.717, 1.165) is 0 Å². The van der Waals surface area contributed by atoms with Gasteiger partial charge in [0.1, 0.15) is 5.75 Å². The molecule has 3 aromatic rings. The first kappa shape index (κ1) is 24.8. The number of esters is 2. The van der Waals surface area contributed by atoms with Gasteiger partial charge >= 0.3 is 11.9 Å². The van der Waals surface area contributed by atoms with Crippen LogP contribution in [0.2, 0.25) is 0 Å². The summed E-state index contributed by atoms with van der Waals surface area (Å²) in [5, 5.41) is 11.5. The zero-order valence-electron chi connectivity index (χ0n) is 19.1. The average molecular weight is 485 g/mol. The summed E-state index contributed by atoms with van der Waals surface area (Å²) >= 11 is 1.19. The summed E-state index contributed by atoms with van der Waals surface area (Å²) in [6, 6.07) is 13.6. The van der Waals surface area contributed by atoms with Crippen molar-refractivity contribution in [3.05, 3.63) is 65.5 Å². The number of anilines is 1. The van der Waals surface area contributed by atoms with Gasteiger partial charge < -0.3 is 24.1 Å². The monoisotopic (exact) mass is 484 g/mol. The minimum absolute atomic E-state index is 0.0237. The second kappa shape index (κ2) is 11.3. The Morgan fingerprint density at radius 1 is 1.00 bits per heavy atom. The Kier molecular flexibility index (Phi) is 8.25. The van der Waals surface area contributed by atoms with Crippen LogP contribution in [-0.4, -0.2) is 52.6 Å². The van der Waals surface area contributed by atoms with Crippen LogP contribution in [0.5, 0.6) is 5.75 Å². The molecule has 3 rings (SSSR count). The molecule has 2 aromatic carbocycles. The third-order valence-electron chi connectivity index (χ3n) is 4.68. The first-order valence-electron chi connectivity index (χ1n) is 10.2. The average Bonchev–Trinajstić information content (AvgIpc) is 3.22. The lowest BCUT2D eigenvalue weighted by atomic mass is 10.1. The Balaban J connectivity index is 1.65. The van der Waals surface area contributed by atoms with Crippen LogP contribution < -0.4 is 10.1 Å². The summed E-state index contributed by atoms with van der Waals surface area (Å²) in [4.78, 5) is 36.4. The number of carbonyl (C=O) groups excluding carboxylic acids is 3. The molecule has 0 bridgehead atoms. The topological polar surface area (TPSA) is 122 Å². The number of para-hydroxylation sites is 1. The molecule has 0 aliphatic carbocycles. The van der Waals surface area contributed by atoms with E-state index < -0.39 is 11.9 Å². The summed E-state index contributed by atoms with van der Waals surface area (Å²) < 4.78 is 17.1. The number of carbonyl (C=O) groups is 3. The molecule has 1 aromatic heterocycles. The van der Waals surface area contributed by atoms with Gasteiger partial charge in [0, 0.05) is 12.7 Å². The molecule has 0 aliphatic rings. The molecule has 1 N–H and O–H groups in total. The molecular weight excluding hydrogens is 460 g/mol. The molecule has 1 atom stereocenters. The Bertz CT molecular complexity index is 1150. The number of aromatic nitrogens is 3. The standard InChI is InChI=1S/C23H24N4O6S/c1-14(33-18-8-6-5-7-9-18)20-25-26-23(27(20)2)34-13-19(28)24-17-11-15(21(29)31-3)10-16(12-17)22(30)32-4/h5-12,14H,13H2,1-4H3,(H,24,28). The maximum Gasteiger partial charge on any atom is 0.337 e. The molecule has 178 valence electrons. The largest absolute Gasteiger partial charge is 0.483 e. The highest BCUT2D eigenvalue weighted by molar-refractivity contribution is 7.99. The predicted molar refractivity (Wildman–Crippen MR) is 125 cm³/mol. The number of nitrogens with zero attached hydrogens (tertiary/aromatic N) is 3. The van der Waals surface area contributed by atoms with E-state index in [-0.39, 0.29) is 34.6 Å². The lowest BCUT2D eigenvalue weighted by Crippen LogP contribution is -2.16. The van der Waals surface area contributed by atoms with Gasteiger partial charge in [0.15, 0.2) is 17.1 Å². The number of ether oxygens (including phenoxy) is 3. The maximum absolute atomic E-state index is 12.5. The first-order chi connectivity index (χ1) is 16.3. The molecule has 0 saturated carbocycles. The minimum Gasteiger partial charge on any atom is -0.483 e. The van der Waals surface area contributed by atoms with Crippen molar-refractivity contribution >= 4 is 35.3 Å². The Morgan fingerprint density at radius 3 is 2.21 bits per heavy atom. The van der Waals surface area contributed by atoms with Crippen molar-refractivity contribution in [2.24, 2.45) is 7.05 Å². The van der Waals surface area contributed by atoms with Gasteiger partial charge in [-0.25, -0.2) is 9.59 Å². The summed E-state index contributed by atoms with van der Waals surface area (Å²) in [5.41, 5.74) is 0.481. The van der Waals surface area contributed by atoms with Crippen LogP contribution in [0.4, 0.5) is 5.69 Å². The Hall–Kier alpha value is -3.86. The number of benzene rings is 2. The first-order valence-corrected chi connectivity index (χ1v) is 11.2. The van der Waals surface area contributed by atoms with Crippen LogP contribution >= 0.6 is 11.8 Å². The molecule has 10 nitrogen and oxygen atoms in total. The van der Waals surface area contributed by atoms with E-state index >= 15 is 0 Å². The van der Waals surface area contributed by atoms with E-state index in [2.05, 4.69) is 15.5 Å². The van der Waals surface area contributed by atoms with Gasteiger partial charge in [-0.3, -0.25) is 4.79 Å². The van der Waals surface area contributed by atoms with Crippen LogP contribution in [0, 0.1) is 0 Å². The number of nitrogens with one attached hydrogen (secondary N) is 1. The lowest BCUT2D eigenvalue weighted by molar-refractivity contribution is -0.113. The third-order valence-corrected chi connectivity index (χ3v) is 5.70. The van der Waals surface area contributed by atoms with Gasteiger partial charge in [0.2, 0.25) is 5.91 Å². The van der Waals surface area contributed by atoms with E-state index in [1.54, 1.807) is 11.6 Å². The van der Waals surface area contributed by atoms with Crippen molar-refractivity contribution in [3.8, 4) is 5.75 Å². The van der Waals surface area contributed by atoms with Gasteiger partial charge in [0.05, 0.1) is 31.1 Å². The highest BCUT2D eigenvalue weighted by Gasteiger charge is 2.19. The van der Waals surface area contributed by atoms with E-state index in [0.29, 0.717) is 16.7 Å². The zero-order valence-corrected chi connectivity index (χ0v) is 19.9. The fraction of sp³-hybridized carbons (Fsp3) is 0.261. The fourth-order valence-corrected chi connectivity index (χ4v) is 3.78. The summed E-state index contributed by atoms with van der Waals surface area (Å²) in [7, 11) is 4.24. The van der Waals surface area contributed by atoms with Crippen LogP contribution in [0.3, 0.4) is 0 Å². The number of amides is 1. The summed E-state index contributed by atoms with van der Waals surface area (Å²) in [6.07, 6.45) is -0.346. The molecule has 11 heteroatoms. The normalized spacial score (nSPS) is 11.4. The van der Waals surface area contributed by atoms with Crippen LogP contribution in [0.15, 0.2) is 53.7 Å². The van der Waals surface area contributed by atoms with Crippen molar-refractivity contribution in [1.29, 1.82) is 0 Å². The third kappa shape index (κ3) is 6.13. The molecule has 0 aliphatic heterocycles. The van der Waals surface area contributed by atoms with Gasteiger partial charge in [-0.1, -0.05) is 30.0 Å². The van der Waals surface area contributed by atoms with Crippen LogP contribution in [-0.2, 0) is 21.3 Å². The highest BCUT2D eigenvalue weighted by atomic mass is 32.2. The Labute approximate surface area is 200 Å². The summed E-state index contributed by atoms with van der Waals surface area (Å²) in [6.45, 7) is 1.87. The minimum atomic E-state index is -0.644. The number of hydrogen-bond acceptors (Lipinski definition) is 9. The smallest absolute Gasteiger partial charge is 0.337 e. The molecule has 1 unspecified atom stereocenters. The second-order valence-electron chi connectivity index (χ2n) is 7.09. The van der Waals surface area contributed by atoms with Crippen molar-refractivity contribution in [2.75, 3.05) is 25.3 Å². The molecule has 0 radical (unpaired) electrons. The van der Waals surface area contributed by atoms with Crippen molar-refractivity contribution in [1.82, 2.24) is 14.8 Å². The van der Waals surface area contributed by atoms with Gasteiger partial charge in [-0.05, 0) is 37.3 Å². The highest BCUT2D eigenvalue weighted by Crippen LogP contribution is 2.24. The maximum atomic E-state index is 12.5. The lowest BCUT2D eigenvalue weighted by Gasteiger charge is -2.14. The number of thioether (sulfide) groups is 1. The van der Waals surface area contributed by atoms with Crippen LogP contribution in [0.1, 0.15) is 39.6 Å². The molecular formula is C23H24N4O6S. The van der Waals surface area contributed by atoms with Gasteiger partial charge in [-0.2, -0.15) is 0 Å². The van der Waals surface area contributed by atoms with E-state index in [4.69, 9.17) is 14.2 Å². The second-order valence-corrected chi connectivity index (χ2v) is 8.03. The van der Waals surface area contributed by atoms with Crippen molar-refractivity contribution in [3.63, 3.8) is 0 Å². The number of rotatable bonds is 9. The van der Waals surface area contributed by atoms with Crippen LogP contribution in [0.25, 0.3) is 0 Å². The molecule has 1 amide bonds. The van der Waals surface area contributed by atoms with Gasteiger partial charge in [-0.15, -0.1) is 10.2 Å². The SMILES string of the molecule is COC(=O)c1cc(NC(=O)CSc2nnc(C(C)Oc3ccccc3)n2C)cc(C(=O)OC)c1. The molecule has 34 heavy (non-hydrogen) atoms. The van der Waals surface area contributed by atoms with E-state index in [9.17, 15) is 14.4 Å². The predicted octanol–water partition coefficient (Wildman–Crippen LogP) is 3.26. The molecule has 0 saturated heterocycles. The van der Waals surface area contributed by atoms with Crippen molar-refractivity contribution in [2.45, 2.75) is 18.2 Å². The number of methoxy groups -OCH3 is 2. The zero-order chi connectivity index (χ0) is 24.7. The van der Waals surface area contributed by atoms with E-state index in [1.165, 1.54) is 44.2 Å². The van der Waals surface area contributed by atoms with Crippen molar-refractivity contribution < 1.29 is 28.6 Å². The molecule has 0 spiro atoms. The number of hydrogen-bond donors (Lipinski definition) is 1. The fourth-order valence-electron chi connectivity index (χ4n) is 3.06. The molecule has 0 fully saturated rings.